The van der Waals surface area contributed by atoms with Crippen molar-refractivity contribution in [3.8, 4) is 5.75 Å². The number of nitrogens with one attached hydrogen (secondary N) is 1. The fourth-order valence-corrected chi connectivity index (χ4v) is 3.18. The number of aryl methyl sites for hydroxylation is 2. The average Bonchev–Trinajstić information content (AvgIpc) is 3.14. The number of alkyl halides is 3. The van der Waals surface area contributed by atoms with Crippen LogP contribution in [-0.4, -0.2) is 38.8 Å². The molecular formula is C24H24F3NO6. The molecule has 3 rings (SSSR count). The van der Waals surface area contributed by atoms with Crippen LogP contribution < -0.4 is 10.1 Å². The third-order valence-electron chi connectivity index (χ3n) is 5.10. The van der Waals surface area contributed by atoms with Crippen LogP contribution in [0.25, 0.3) is 11.0 Å². The summed E-state index contributed by atoms with van der Waals surface area (Å²) in [5.41, 5.74) is 2.17. The lowest BCUT2D eigenvalue weighted by Gasteiger charge is -2.15. The predicted octanol–water partition coefficient (Wildman–Crippen LogP) is 4.82. The summed E-state index contributed by atoms with van der Waals surface area (Å²) in [7, 11) is 1.45. The molecule has 0 atom stereocenters. The molecule has 0 saturated heterocycles. The molecule has 0 saturated carbocycles. The molecule has 1 heterocycles. The van der Waals surface area contributed by atoms with Gasteiger partial charge in [-0.05, 0) is 55.3 Å². The average molecular weight is 479 g/mol. The Balaban J connectivity index is 1.63. The Morgan fingerprint density at radius 1 is 1.06 bits per heavy atom. The quantitative estimate of drug-likeness (QED) is 0.350. The second-order valence-electron chi connectivity index (χ2n) is 7.63. The van der Waals surface area contributed by atoms with Gasteiger partial charge in [0.2, 0.25) is 0 Å². The van der Waals surface area contributed by atoms with Crippen molar-refractivity contribution in [2.45, 2.75) is 26.4 Å². The van der Waals surface area contributed by atoms with Crippen LogP contribution in [0.5, 0.6) is 5.75 Å². The Kier molecular flexibility index (Phi) is 7.83. The predicted molar refractivity (Wildman–Crippen MR) is 118 cm³/mol. The van der Waals surface area contributed by atoms with E-state index in [-0.39, 0.29) is 31.1 Å². The molecule has 2 aromatic carbocycles. The smallest absolute Gasteiger partial charge is 0.416 e. The summed E-state index contributed by atoms with van der Waals surface area (Å²) in [5, 5.41) is 3.08. The lowest BCUT2D eigenvalue weighted by Crippen LogP contribution is -2.22. The number of fused-ring (bicyclic) bond motifs is 1. The molecule has 0 radical (unpaired) electrons. The zero-order valence-corrected chi connectivity index (χ0v) is 18.9. The number of carbonyl (C=O) groups is 2. The molecular weight excluding hydrogens is 455 g/mol. The number of hydrogen-bond acceptors (Lipinski definition) is 6. The van der Waals surface area contributed by atoms with Crippen molar-refractivity contribution >= 4 is 28.5 Å². The first-order chi connectivity index (χ1) is 16.1. The maximum atomic E-state index is 13.1. The summed E-state index contributed by atoms with van der Waals surface area (Å²) in [6, 6.07) is 6.48. The van der Waals surface area contributed by atoms with E-state index in [0.29, 0.717) is 11.1 Å². The van der Waals surface area contributed by atoms with Crippen LogP contribution in [0.2, 0.25) is 0 Å². The van der Waals surface area contributed by atoms with Gasteiger partial charge in [0.05, 0.1) is 30.5 Å². The van der Waals surface area contributed by atoms with Crippen LogP contribution in [0.4, 0.5) is 18.9 Å². The van der Waals surface area contributed by atoms with Gasteiger partial charge in [0.25, 0.3) is 5.91 Å². The van der Waals surface area contributed by atoms with Gasteiger partial charge in [-0.15, -0.1) is 0 Å². The summed E-state index contributed by atoms with van der Waals surface area (Å²) < 4.78 is 60.0. The van der Waals surface area contributed by atoms with Crippen LogP contribution in [0.1, 0.15) is 22.3 Å². The Hall–Kier alpha value is -3.53. The van der Waals surface area contributed by atoms with E-state index in [4.69, 9.17) is 18.6 Å². The number of ether oxygens (including phenoxy) is 3. The lowest BCUT2D eigenvalue weighted by molar-refractivity contribution is -0.146. The Morgan fingerprint density at radius 3 is 2.50 bits per heavy atom. The summed E-state index contributed by atoms with van der Waals surface area (Å²) >= 11 is 0. The summed E-state index contributed by atoms with van der Waals surface area (Å²) in [4.78, 5) is 24.5. The highest BCUT2D eigenvalue weighted by Gasteiger charge is 2.31. The van der Waals surface area contributed by atoms with E-state index in [9.17, 15) is 22.8 Å². The number of halogens is 3. The lowest BCUT2D eigenvalue weighted by atomic mass is 10.0. The number of esters is 1. The zero-order valence-electron chi connectivity index (χ0n) is 18.9. The highest BCUT2D eigenvalue weighted by molar-refractivity contribution is 5.94. The molecule has 1 N–H and O–H groups in total. The normalized spacial score (nSPS) is 11.5. The van der Waals surface area contributed by atoms with Gasteiger partial charge in [0, 0.05) is 18.1 Å². The maximum Gasteiger partial charge on any atom is 0.416 e. The minimum atomic E-state index is -4.61. The molecule has 0 fully saturated rings. The zero-order chi connectivity index (χ0) is 24.9. The van der Waals surface area contributed by atoms with Gasteiger partial charge >= 0.3 is 12.1 Å². The molecule has 0 spiro atoms. The van der Waals surface area contributed by atoms with E-state index in [0.717, 1.165) is 34.7 Å². The van der Waals surface area contributed by atoms with E-state index in [1.807, 2.05) is 26.0 Å². The second-order valence-corrected chi connectivity index (χ2v) is 7.63. The molecule has 1 amide bonds. The maximum absolute atomic E-state index is 13.1. The number of benzene rings is 2. The number of carbonyl (C=O) groups excluding carboxylic acids is 2. The van der Waals surface area contributed by atoms with Crippen LogP contribution in [0, 0.1) is 13.8 Å². The van der Waals surface area contributed by atoms with E-state index in [1.165, 1.54) is 13.4 Å². The van der Waals surface area contributed by atoms with Crippen molar-refractivity contribution in [3.05, 3.63) is 58.8 Å². The van der Waals surface area contributed by atoms with E-state index in [2.05, 4.69) is 5.32 Å². The number of amides is 1. The second kappa shape index (κ2) is 10.6. The molecule has 182 valence electrons. The number of rotatable bonds is 9. The van der Waals surface area contributed by atoms with Gasteiger partial charge in [-0.2, -0.15) is 13.2 Å². The van der Waals surface area contributed by atoms with Crippen molar-refractivity contribution in [3.63, 3.8) is 0 Å². The SMILES string of the molecule is COCCOc1ccc(C(F)(F)F)cc1NC(=O)COC(=O)Cc1coc2cc(C)c(C)cc12. The number of hydrogen-bond donors (Lipinski definition) is 1. The molecule has 34 heavy (non-hydrogen) atoms. The van der Waals surface area contributed by atoms with Gasteiger partial charge in [0.1, 0.15) is 17.9 Å². The van der Waals surface area contributed by atoms with Crippen LogP contribution >= 0.6 is 0 Å². The number of anilines is 1. The molecule has 7 nitrogen and oxygen atoms in total. The first kappa shape index (κ1) is 25.1. The highest BCUT2D eigenvalue weighted by Crippen LogP contribution is 2.35. The van der Waals surface area contributed by atoms with Gasteiger partial charge in [-0.1, -0.05) is 0 Å². The van der Waals surface area contributed by atoms with E-state index < -0.39 is 30.2 Å². The first-order valence-corrected chi connectivity index (χ1v) is 10.3. The number of furan rings is 1. The van der Waals surface area contributed by atoms with Crippen molar-refractivity contribution in [1.82, 2.24) is 0 Å². The van der Waals surface area contributed by atoms with Crippen molar-refractivity contribution in [2.75, 3.05) is 32.2 Å². The van der Waals surface area contributed by atoms with E-state index in [1.54, 1.807) is 0 Å². The molecule has 0 bridgehead atoms. The molecule has 0 aliphatic heterocycles. The summed E-state index contributed by atoms with van der Waals surface area (Å²) in [6.07, 6.45) is -3.28. The van der Waals surface area contributed by atoms with Gasteiger partial charge < -0.3 is 23.9 Å². The Bertz CT molecular complexity index is 1190. The molecule has 3 aromatic rings. The van der Waals surface area contributed by atoms with Crippen LogP contribution in [-0.2, 0) is 31.7 Å². The molecule has 0 unspecified atom stereocenters. The number of methoxy groups -OCH3 is 1. The topological polar surface area (TPSA) is 87.0 Å². The standard InChI is InChI=1S/C24H24F3NO6/c1-14-8-18-16(12-33-21(18)9-15(14)2)10-23(30)34-13-22(29)28-19-11-17(24(25,26)27)4-5-20(19)32-7-6-31-3/h4-5,8-9,11-12H,6-7,10,13H2,1-3H3,(H,28,29). The monoisotopic (exact) mass is 479 g/mol. The van der Waals surface area contributed by atoms with Crippen molar-refractivity contribution < 1.29 is 41.4 Å². The van der Waals surface area contributed by atoms with Crippen LogP contribution in [0.3, 0.4) is 0 Å². The summed E-state index contributed by atoms with van der Waals surface area (Å²) in [6.45, 7) is 3.48. The molecule has 0 aliphatic carbocycles. The molecule has 1 aromatic heterocycles. The van der Waals surface area contributed by atoms with Crippen molar-refractivity contribution in [2.24, 2.45) is 0 Å². The first-order valence-electron chi connectivity index (χ1n) is 10.3. The minimum Gasteiger partial charge on any atom is -0.489 e. The van der Waals surface area contributed by atoms with Crippen LogP contribution in [0.15, 0.2) is 41.0 Å². The Morgan fingerprint density at radius 2 is 1.79 bits per heavy atom. The van der Waals surface area contributed by atoms with Gasteiger partial charge in [0.15, 0.2) is 6.61 Å². The summed E-state index contributed by atoms with van der Waals surface area (Å²) in [5.74, 6) is -1.47. The minimum absolute atomic E-state index is 0.0280. The van der Waals surface area contributed by atoms with Gasteiger partial charge in [-0.3, -0.25) is 9.59 Å². The molecule has 10 heteroatoms. The third-order valence-corrected chi connectivity index (χ3v) is 5.10. The fourth-order valence-electron chi connectivity index (χ4n) is 3.18. The third kappa shape index (κ3) is 6.28. The van der Waals surface area contributed by atoms with Crippen molar-refractivity contribution in [1.29, 1.82) is 0 Å². The highest BCUT2D eigenvalue weighted by atomic mass is 19.4. The van der Waals surface area contributed by atoms with Gasteiger partial charge in [-0.25, -0.2) is 0 Å². The fraction of sp³-hybridized carbons (Fsp3) is 0.333. The largest absolute Gasteiger partial charge is 0.489 e. The van der Waals surface area contributed by atoms with E-state index >= 15 is 0 Å². The molecule has 0 aliphatic rings. The Labute approximate surface area is 193 Å².